The minimum atomic E-state index is -1.85. The number of rotatable bonds is 8. The molecule has 1 saturated heterocycles. The quantitative estimate of drug-likeness (QED) is 0.0810. The van der Waals surface area contributed by atoms with Crippen LogP contribution in [0.5, 0.6) is 0 Å². The lowest BCUT2D eigenvalue weighted by Crippen LogP contribution is -2.72. The number of ether oxygens (including phenoxy) is 4. The van der Waals surface area contributed by atoms with E-state index in [-0.39, 0.29) is 42.3 Å². The van der Waals surface area contributed by atoms with Crippen LogP contribution in [0, 0.1) is 50.2 Å². The molecule has 57 heavy (non-hydrogen) atoms. The van der Waals surface area contributed by atoms with E-state index in [1.165, 1.54) is 6.92 Å². The number of carbonyl (C=O) groups is 3. The first kappa shape index (κ1) is 44.1. The van der Waals surface area contributed by atoms with Gasteiger partial charge in [-0.25, -0.2) is 9.59 Å². The maximum atomic E-state index is 13.1. The van der Waals surface area contributed by atoms with Gasteiger partial charge in [0.2, 0.25) is 0 Å². The summed E-state index contributed by atoms with van der Waals surface area (Å²) in [7, 11) is 0. The predicted octanol–water partition coefficient (Wildman–Crippen LogP) is 3.03. The van der Waals surface area contributed by atoms with Crippen molar-refractivity contribution >= 4 is 17.9 Å². The van der Waals surface area contributed by atoms with E-state index in [4.69, 9.17) is 18.9 Å². The zero-order valence-electron chi connectivity index (χ0n) is 34.9. The average molecular weight is 807 g/mol. The summed E-state index contributed by atoms with van der Waals surface area (Å²) in [6, 6.07) is 0. The molecule has 17 atom stereocenters. The number of aliphatic hydroxyl groups is 6. The standard InChI is InChI=1S/C43H66O14/c1-10-21(2)36(53)57-34-33(50)43(20-54-22(3)45)24(17-38(34,4)5)23-11-12-26-39(6)15-14-28(55-37-31(49)29(47)30(48)32(56-37)35(51)52)40(7,19-44)25(39)13-16-41(26,8)42(23,9)18-27(43)46/h10-11,24-34,37,44,46-50H,12-20H2,1-9H3,(H,51,52). The first-order valence-corrected chi connectivity index (χ1v) is 20.6. The largest absolute Gasteiger partial charge is 0.479 e. The number of aliphatic hydroxyl groups excluding tert-OH is 6. The van der Waals surface area contributed by atoms with E-state index >= 15 is 0 Å². The van der Waals surface area contributed by atoms with Crippen LogP contribution in [0.4, 0.5) is 0 Å². The Morgan fingerprint density at radius 2 is 1.58 bits per heavy atom. The highest BCUT2D eigenvalue weighted by molar-refractivity contribution is 5.87. The van der Waals surface area contributed by atoms with Crippen LogP contribution >= 0.6 is 0 Å². The van der Waals surface area contributed by atoms with Crippen LogP contribution in [0.3, 0.4) is 0 Å². The van der Waals surface area contributed by atoms with Crippen LogP contribution in [-0.2, 0) is 33.3 Å². The zero-order chi connectivity index (χ0) is 42.4. The molecule has 0 amide bonds. The van der Waals surface area contributed by atoms with Gasteiger partial charge < -0.3 is 54.7 Å². The lowest BCUT2D eigenvalue weighted by molar-refractivity contribution is -0.328. The second-order valence-corrected chi connectivity index (χ2v) is 20.0. The smallest absolute Gasteiger partial charge is 0.335 e. The number of carboxylic acids is 1. The van der Waals surface area contributed by atoms with Crippen LogP contribution in [-0.4, -0.2) is 122 Å². The van der Waals surface area contributed by atoms with E-state index in [1.54, 1.807) is 19.9 Å². The van der Waals surface area contributed by atoms with E-state index in [1.807, 2.05) is 20.8 Å². The number of hydrogen-bond acceptors (Lipinski definition) is 13. The highest BCUT2D eigenvalue weighted by atomic mass is 16.7. The normalized spacial score (nSPS) is 49.2. The van der Waals surface area contributed by atoms with Crippen molar-refractivity contribution in [1.82, 2.24) is 0 Å². The maximum absolute atomic E-state index is 13.1. The molecular weight excluding hydrogens is 740 g/mol. The van der Waals surface area contributed by atoms with Gasteiger partial charge >= 0.3 is 17.9 Å². The molecule has 5 fully saturated rings. The lowest BCUT2D eigenvalue weighted by Gasteiger charge is -2.72. The molecule has 0 spiro atoms. The third kappa shape index (κ3) is 6.45. The number of fused-ring (bicyclic) bond motifs is 7. The second kappa shape index (κ2) is 14.9. The van der Waals surface area contributed by atoms with Crippen molar-refractivity contribution in [3.63, 3.8) is 0 Å². The number of carbonyl (C=O) groups excluding carboxylic acids is 2. The summed E-state index contributed by atoms with van der Waals surface area (Å²) in [5.74, 6) is -3.00. The van der Waals surface area contributed by atoms with Gasteiger partial charge in [0.05, 0.1) is 24.2 Å². The van der Waals surface area contributed by atoms with E-state index in [9.17, 15) is 50.1 Å². The third-order valence-corrected chi connectivity index (χ3v) is 16.8. The van der Waals surface area contributed by atoms with Gasteiger partial charge in [0.15, 0.2) is 12.4 Å². The van der Waals surface area contributed by atoms with Crippen molar-refractivity contribution in [3.05, 3.63) is 23.3 Å². The van der Waals surface area contributed by atoms with Gasteiger partial charge in [0.25, 0.3) is 0 Å². The minimum absolute atomic E-state index is 0.0834. The summed E-state index contributed by atoms with van der Waals surface area (Å²) in [5.41, 5.74) is -2.67. The summed E-state index contributed by atoms with van der Waals surface area (Å²) in [4.78, 5) is 37.3. The van der Waals surface area contributed by atoms with Crippen LogP contribution in [0.15, 0.2) is 23.3 Å². The topological polar surface area (TPSA) is 230 Å². The molecule has 5 aliphatic carbocycles. The SMILES string of the molecule is CC=C(C)C(=O)OC1C(O)C2(COC(C)=O)C(O)CC3(C)C(=CCC4C5(C)CCC(OC6OC(C(=O)O)C(O)C(O)C6O)C(C)(CO)C5CCC43C)C2CC1(C)C. The molecule has 14 heteroatoms. The molecule has 14 nitrogen and oxygen atoms in total. The van der Waals surface area contributed by atoms with E-state index in [2.05, 4.69) is 26.8 Å². The van der Waals surface area contributed by atoms with E-state index < -0.39 is 101 Å². The van der Waals surface area contributed by atoms with Crippen molar-refractivity contribution in [2.24, 2.45) is 50.2 Å². The zero-order valence-corrected chi connectivity index (χ0v) is 34.9. The summed E-state index contributed by atoms with van der Waals surface area (Å²) in [6.45, 7) is 16.8. The van der Waals surface area contributed by atoms with E-state index in [0.717, 1.165) is 12.0 Å². The minimum Gasteiger partial charge on any atom is -0.479 e. The van der Waals surface area contributed by atoms with Crippen LogP contribution in [0.1, 0.15) is 107 Å². The third-order valence-electron chi connectivity index (χ3n) is 16.8. The highest BCUT2D eigenvalue weighted by Gasteiger charge is 2.73. The Bertz CT molecular complexity index is 1660. The molecule has 0 aromatic carbocycles. The Labute approximate surface area is 335 Å². The van der Waals surface area contributed by atoms with Crippen LogP contribution in [0.2, 0.25) is 0 Å². The number of carboxylic acid groups (broad SMARTS) is 1. The van der Waals surface area contributed by atoms with Gasteiger partial charge in [-0.1, -0.05) is 59.3 Å². The molecule has 7 N–H and O–H groups in total. The predicted molar refractivity (Wildman–Crippen MR) is 204 cm³/mol. The monoisotopic (exact) mass is 806 g/mol. The summed E-state index contributed by atoms with van der Waals surface area (Å²) < 4.78 is 23.5. The summed E-state index contributed by atoms with van der Waals surface area (Å²) in [5, 5.41) is 77.3. The number of esters is 2. The Kier molecular flexibility index (Phi) is 11.6. The Balaban J connectivity index is 1.35. The molecule has 1 aliphatic heterocycles. The molecule has 17 unspecified atom stereocenters. The van der Waals surface area contributed by atoms with Crippen molar-refractivity contribution in [1.29, 1.82) is 0 Å². The molecule has 6 rings (SSSR count). The Morgan fingerprint density at radius 3 is 2.18 bits per heavy atom. The van der Waals surface area contributed by atoms with Gasteiger partial charge in [-0.3, -0.25) is 4.79 Å². The summed E-state index contributed by atoms with van der Waals surface area (Å²) in [6.07, 6.45) is -4.98. The number of allylic oxidation sites excluding steroid dienone is 3. The van der Waals surface area contributed by atoms with Gasteiger partial charge in [0, 0.05) is 23.3 Å². The fourth-order valence-corrected chi connectivity index (χ4v) is 13.2. The average Bonchev–Trinajstić information content (AvgIpc) is 3.13. The molecule has 4 saturated carbocycles. The molecule has 0 radical (unpaired) electrons. The van der Waals surface area contributed by atoms with Crippen LogP contribution in [0.25, 0.3) is 0 Å². The molecule has 1 heterocycles. The molecule has 0 aromatic rings. The molecular formula is C43H66O14. The molecule has 322 valence electrons. The fraction of sp³-hybridized carbons (Fsp3) is 0.837. The number of hydrogen-bond donors (Lipinski definition) is 7. The maximum Gasteiger partial charge on any atom is 0.335 e. The van der Waals surface area contributed by atoms with Crippen molar-refractivity contribution < 1.29 is 69.1 Å². The summed E-state index contributed by atoms with van der Waals surface area (Å²) >= 11 is 0. The highest BCUT2D eigenvalue weighted by Crippen LogP contribution is 2.76. The van der Waals surface area contributed by atoms with Crippen molar-refractivity contribution in [3.8, 4) is 0 Å². The van der Waals surface area contributed by atoms with Gasteiger partial charge in [-0.05, 0) is 92.8 Å². The van der Waals surface area contributed by atoms with Crippen molar-refractivity contribution in [2.45, 2.75) is 162 Å². The van der Waals surface area contributed by atoms with Gasteiger partial charge in [-0.2, -0.15) is 0 Å². The first-order valence-electron chi connectivity index (χ1n) is 20.6. The molecule has 0 aromatic heterocycles. The van der Waals surface area contributed by atoms with Crippen LogP contribution < -0.4 is 0 Å². The van der Waals surface area contributed by atoms with Crippen molar-refractivity contribution in [2.75, 3.05) is 13.2 Å². The molecule has 6 aliphatic rings. The van der Waals surface area contributed by atoms with Gasteiger partial charge in [-0.15, -0.1) is 0 Å². The number of aliphatic carboxylic acids is 1. The Morgan fingerprint density at radius 1 is 0.912 bits per heavy atom. The fourth-order valence-electron chi connectivity index (χ4n) is 13.2. The van der Waals surface area contributed by atoms with Gasteiger partial charge in [0.1, 0.15) is 37.1 Å². The first-order chi connectivity index (χ1) is 26.4. The Hall–Kier alpha value is -2.43. The lowest BCUT2D eigenvalue weighted by atomic mass is 9.33. The second-order valence-electron chi connectivity index (χ2n) is 20.0. The molecule has 0 bridgehead atoms. The van der Waals surface area contributed by atoms with E-state index in [0.29, 0.717) is 37.7 Å².